The van der Waals surface area contributed by atoms with Gasteiger partial charge < -0.3 is 10.0 Å². The molecule has 2 aromatic heterocycles. The van der Waals surface area contributed by atoms with Crippen molar-refractivity contribution in [2.75, 3.05) is 6.54 Å². The molecule has 1 aliphatic heterocycles. The molecule has 0 radical (unpaired) electrons. The average molecular weight is 364 g/mol. The summed E-state index contributed by atoms with van der Waals surface area (Å²) in [6.07, 6.45) is 4.33. The van der Waals surface area contributed by atoms with Gasteiger partial charge in [-0.2, -0.15) is 0 Å². The first kappa shape index (κ1) is 18.1. The molecule has 25 heavy (non-hydrogen) atoms. The van der Waals surface area contributed by atoms with Crippen LogP contribution in [0.5, 0.6) is 0 Å². The number of nitrogens with zero attached hydrogens (tertiary/aromatic N) is 3. The van der Waals surface area contributed by atoms with Gasteiger partial charge in [-0.25, -0.2) is 9.78 Å². The molecule has 1 amide bonds. The highest BCUT2D eigenvalue weighted by Gasteiger charge is 2.50. The number of pyridine rings is 1. The van der Waals surface area contributed by atoms with Crippen molar-refractivity contribution in [3.63, 3.8) is 0 Å². The average Bonchev–Trinajstić information content (AvgIpc) is 2.85. The zero-order chi connectivity index (χ0) is 18.4. The van der Waals surface area contributed by atoms with Gasteiger partial charge in [0, 0.05) is 19.2 Å². The summed E-state index contributed by atoms with van der Waals surface area (Å²) in [5.74, 6) is 0. The number of hydrogen-bond acceptors (Lipinski definition) is 2. The lowest BCUT2D eigenvalue weighted by Crippen LogP contribution is -2.62. The van der Waals surface area contributed by atoms with Gasteiger partial charge in [0.25, 0.3) is 0 Å². The molecule has 6 heteroatoms. The number of hydrogen-bond donors (Lipinski definition) is 1. The van der Waals surface area contributed by atoms with Gasteiger partial charge in [0.15, 0.2) is 0 Å². The first-order valence-corrected chi connectivity index (χ1v) is 9.18. The standard InChI is InChI=1S/C19H26ClN3O2/c1-13-8-7-10-22-15(20)14(21-16(13)22)12-19(18(2,3)4)9-5-6-11-23(19)17(24)25/h7-8,10H,5-6,9,11-12H2,1-4H3,(H,24,25)/t19-/m0/s1. The predicted octanol–water partition coefficient (Wildman–Crippen LogP) is 4.79. The molecule has 2 aromatic rings. The number of imidazole rings is 1. The fourth-order valence-corrected chi connectivity index (χ4v) is 4.40. The number of carbonyl (C=O) groups is 1. The van der Waals surface area contributed by atoms with Crippen molar-refractivity contribution in [3.05, 3.63) is 34.7 Å². The van der Waals surface area contributed by atoms with E-state index in [4.69, 9.17) is 16.6 Å². The quantitative estimate of drug-likeness (QED) is 0.834. The minimum atomic E-state index is -0.856. The number of carboxylic acid groups (broad SMARTS) is 1. The van der Waals surface area contributed by atoms with E-state index in [1.807, 2.05) is 29.7 Å². The van der Waals surface area contributed by atoms with Crippen LogP contribution in [0.2, 0.25) is 5.15 Å². The van der Waals surface area contributed by atoms with Crippen LogP contribution in [-0.4, -0.2) is 37.6 Å². The first-order chi connectivity index (χ1) is 11.7. The second kappa shape index (κ2) is 6.20. The van der Waals surface area contributed by atoms with Crippen LogP contribution >= 0.6 is 11.6 Å². The van der Waals surface area contributed by atoms with E-state index < -0.39 is 11.6 Å². The zero-order valence-electron chi connectivity index (χ0n) is 15.3. The lowest BCUT2D eigenvalue weighted by atomic mass is 9.65. The van der Waals surface area contributed by atoms with Crippen LogP contribution in [0.25, 0.3) is 5.65 Å². The summed E-state index contributed by atoms with van der Waals surface area (Å²) < 4.78 is 1.89. The van der Waals surface area contributed by atoms with E-state index >= 15 is 0 Å². The van der Waals surface area contributed by atoms with Crippen molar-refractivity contribution in [2.24, 2.45) is 5.41 Å². The SMILES string of the molecule is Cc1cccn2c(Cl)c(C[C@]3(C(C)(C)C)CCCCN3C(=O)O)nc12. The van der Waals surface area contributed by atoms with Crippen molar-refractivity contribution >= 4 is 23.3 Å². The van der Waals surface area contributed by atoms with Crippen molar-refractivity contribution in [3.8, 4) is 0 Å². The van der Waals surface area contributed by atoms with Gasteiger partial charge in [-0.1, -0.05) is 38.4 Å². The lowest BCUT2D eigenvalue weighted by Gasteiger charge is -2.53. The Morgan fingerprint density at radius 2 is 2.12 bits per heavy atom. The molecule has 1 atom stereocenters. The van der Waals surface area contributed by atoms with Crippen molar-refractivity contribution < 1.29 is 9.90 Å². The van der Waals surface area contributed by atoms with Crippen molar-refractivity contribution in [1.82, 2.24) is 14.3 Å². The third-order valence-electron chi connectivity index (χ3n) is 5.68. The second-order valence-electron chi connectivity index (χ2n) is 8.08. The number of likely N-dealkylation sites (tertiary alicyclic amines) is 1. The largest absolute Gasteiger partial charge is 0.465 e. The predicted molar refractivity (Wildman–Crippen MR) is 99.4 cm³/mol. The normalized spacial score (nSPS) is 21.7. The smallest absolute Gasteiger partial charge is 0.407 e. The molecule has 1 fully saturated rings. The summed E-state index contributed by atoms with van der Waals surface area (Å²) in [5.41, 5.74) is 1.94. The van der Waals surface area contributed by atoms with Crippen LogP contribution in [-0.2, 0) is 6.42 Å². The highest BCUT2D eigenvalue weighted by atomic mass is 35.5. The number of piperidine rings is 1. The van der Waals surface area contributed by atoms with E-state index in [9.17, 15) is 9.90 Å². The molecular weight excluding hydrogens is 338 g/mol. The number of amides is 1. The highest BCUT2D eigenvalue weighted by Crippen LogP contribution is 2.45. The van der Waals surface area contributed by atoms with Crippen LogP contribution in [0.1, 0.15) is 51.3 Å². The van der Waals surface area contributed by atoms with E-state index in [0.717, 1.165) is 36.2 Å². The van der Waals surface area contributed by atoms with E-state index in [1.54, 1.807) is 4.90 Å². The Balaban J connectivity index is 2.12. The molecule has 0 bridgehead atoms. The van der Waals surface area contributed by atoms with Gasteiger partial charge in [0.1, 0.15) is 10.8 Å². The first-order valence-electron chi connectivity index (χ1n) is 8.80. The Hall–Kier alpha value is -1.75. The summed E-state index contributed by atoms with van der Waals surface area (Å²) in [7, 11) is 0. The highest BCUT2D eigenvalue weighted by molar-refractivity contribution is 6.30. The van der Waals surface area contributed by atoms with E-state index in [1.165, 1.54) is 0 Å². The summed E-state index contributed by atoms with van der Waals surface area (Å²) in [5, 5.41) is 10.4. The third kappa shape index (κ3) is 2.88. The Labute approximate surface area is 153 Å². The fraction of sp³-hybridized carbons (Fsp3) is 0.579. The number of rotatable bonds is 2. The third-order valence-corrected chi connectivity index (χ3v) is 6.08. The van der Waals surface area contributed by atoms with Crippen molar-refractivity contribution in [1.29, 1.82) is 0 Å². The van der Waals surface area contributed by atoms with Crippen LogP contribution in [0.15, 0.2) is 18.3 Å². The molecule has 0 spiro atoms. The monoisotopic (exact) mass is 363 g/mol. The molecule has 3 rings (SSSR count). The Bertz CT molecular complexity index is 809. The molecule has 0 aromatic carbocycles. The number of aryl methyl sites for hydroxylation is 1. The second-order valence-corrected chi connectivity index (χ2v) is 8.44. The maximum absolute atomic E-state index is 12.0. The molecule has 0 aliphatic carbocycles. The van der Waals surface area contributed by atoms with Crippen LogP contribution < -0.4 is 0 Å². The molecule has 5 nitrogen and oxygen atoms in total. The number of aromatic nitrogens is 2. The van der Waals surface area contributed by atoms with Crippen LogP contribution in [0.4, 0.5) is 4.79 Å². The Kier molecular flexibility index (Phi) is 4.48. The van der Waals surface area contributed by atoms with E-state index in [-0.39, 0.29) is 5.41 Å². The maximum Gasteiger partial charge on any atom is 0.407 e. The Morgan fingerprint density at radius 1 is 1.40 bits per heavy atom. The summed E-state index contributed by atoms with van der Waals surface area (Å²) in [4.78, 5) is 18.4. The summed E-state index contributed by atoms with van der Waals surface area (Å²) in [6, 6.07) is 3.95. The molecule has 1 aliphatic rings. The van der Waals surface area contributed by atoms with Crippen LogP contribution in [0, 0.1) is 12.3 Å². The molecule has 3 heterocycles. The molecule has 1 saturated heterocycles. The lowest BCUT2D eigenvalue weighted by molar-refractivity contribution is -0.0251. The van der Waals surface area contributed by atoms with Gasteiger partial charge >= 0.3 is 6.09 Å². The molecule has 0 saturated carbocycles. The number of fused-ring (bicyclic) bond motifs is 1. The minimum Gasteiger partial charge on any atom is -0.465 e. The maximum atomic E-state index is 12.0. The van der Waals surface area contributed by atoms with Crippen LogP contribution in [0.3, 0.4) is 0 Å². The van der Waals surface area contributed by atoms with Gasteiger partial charge in [0.05, 0.1) is 11.2 Å². The minimum absolute atomic E-state index is 0.222. The van der Waals surface area contributed by atoms with Gasteiger partial charge in [-0.15, -0.1) is 0 Å². The molecule has 136 valence electrons. The van der Waals surface area contributed by atoms with Gasteiger partial charge in [-0.3, -0.25) is 4.40 Å². The molecular formula is C19H26ClN3O2. The topological polar surface area (TPSA) is 57.8 Å². The van der Waals surface area contributed by atoms with Crippen molar-refractivity contribution in [2.45, 2.75) is 58.9 Å². The zero-order valence-corrected chi connectivity index (χ0v) is 16.1. The summed E-state index contributed by atoms with van der Waals surface area (Å²) >= 11 is 6.62. The number of halogens is 1. The molecule has 1 N–H and O–H groups in total. The van der Waals surface area contributed by atoms with E-state index in [2.05, 4.69) is 20.8 Å². The Morgan fingerprint density at radius 3 is 2.72 bits per heavy atom. The summed E-state index contributed by atoms with van der Waals surface area (Å²) in [6.45, 7) is 8.92. The molecule has 0 unspecified atom stereocenters. The fourth-order valence-electron chi connectivity index (χ4n) is 4.16. The van der Waals surface area contributed by atoms with Gasteiger partial charge in [-0.05, 0) is 43.2 Å². The van der Waals surface area contributed by atoms with E-state index in [0.29, 0.717) is 18.1 Å². The van der Waals surface area contributed by atoms with Gasteiger partial charge in [0.2, 0.25) is 0 Å².